The number of carbonyl (C=O) groups excluding carboxylic acids is 2. The Hall–Kier alpha value is -3.14. The van der Waals surface area contributed by atoms with Crippen LogP contribution in [0.3, 0.4) is 0 Å². The molecule has 26 heavy (non-hydrogen) atoms. The second-order valence-corrected chi connectivity index (χ2v) is 6.70. The summed E-state index contributed by atoms with van der Waals surface area (Å²) in [6, 6.07) is 14.0. The number of phenolic OH excluding ortho intramolecular Hbond substituents is 1. The Bertz CT molecular complexity index is 944. The summed E-state index contributed by atoms with van der Waals surface area (Å²) in [7, 11) is 0. The highest BCUT2D eigenvalue weighted by atomic mass is 16.3. The summed E-state index contributed by atoms with van der Waals surface area (Å²) in [5.41, 5.74) is 4.95. The molecule has 1 N–H and O–H groups in total. The Morgan fingerprint density at radius 3 is 1.88 bits per heavy atom. The van der Waals surface area contributed by atoms with Crippen LogP contribution in [0, 0.1) is 6.92 Å². The first-order chi connectivity index (χ1) is 12.3. The predicted octanol–water partition coefficient (Wildman–Crippen LogP) is 4.38. The van der Waals surface area contributed by atoms with Gasteiger partial charge in [0, 0.05) is 0 Å². The fraction of sp³-hybridized carbons (Fsp3) is 0.182. The van der Waals surface area contributed by atoms with Gasteiger partial charge in [0.25, 0.3) is 11.8 Å². The molecule has 3 rings (SSSR count). The molecule has 0 aromatic heterocycles. The molecular formula is C22H21NO3. The van der Waals surface area contributed by atoms with Crippen molar-refractivity contribution in [3.8, 4) is 5.75 Å². The van der Waals surface area contributed by atoms with Crippen LogP contribution in [0.5, 0.6) is 5.75 Å². The van der Waals surface area contributed by atoms with E-state index in [0.29, 0.717) is 16.8 Å². The van der Waals surface area contributed by atoms with Crippen molar-refractivity contribution in [1.29, 1.82) is 0 Å². The van der Waals surface area contributed by atoms with Crippen molar-refractivity contribution in [2.75, 3.05) is 4.90 Å². The molecule has 4 heteroatoms. The van der Waals surface area contributed by atoms with Crippen LogP contribution < -0.4 is 4.90 Å². The van der Waals surface area contributed by atoms with Crippen molar-refractivity contribution >= 4 is 23.1 Å². The first-order valence-corrected chi connectivity index (χ1v) is 8.45. The Kier molecular flexibility index (Phi) is 4.51. The molecular weight excluding hydrogens is 326 g/mol. The monoisotopic (exact) mass is 347 g/mol. The van der Waals surface area contributed by atoms with Gasteiger partial charge in [-0.25, -0.2) is 4.90 Å². The first-order valence-electron chi connectivity index (χ1n) is 8.45. The fourth-order valence-electron chi connectivity index (χ4n) is 3.13. The fourth-order valence-corrected chi connectivity index (χ4v) is 3.13. The van der Waals surface area contributed by atoms with E-state index < -0.39 is 0 Å². The first kappa shape index (κ1) is 17.7. The van der Waals surface area contributed by atoms with Gasteiger partial charge in [-0.05, 0) is 63.1 Å². The van der Waals surface area contributed by atoms with E-state index in [1.54, 1.807) is 12.1 Å². The molecule has 0 saturated carbocycles. The number of carbonyl (C=O) groups is 2. The third-order valence-electron chi connectivity index (χ3n) is 4.55. The van der Waals surface area contributed by atoms with Gasteiger partial charge in [-0.15, -0.1) is 0 Å². The van der Waals surface area contributed by atoms with Crippen molar-refractivity contribution in [3.05, 3.63) is 76.4 Å². The summed E-state index contributed by atoms with van der Waals surface area (Å²) in [4.78, 5) is 27.3. The van der Waals surface area contributed by atoms with E-state index in [9.17, 15) is 14.7 Å². The van der Waals surface area contributed by atoms with E-state index in [-0.39, 0.29) is 17.6 Å². The average molecular weight is 347 g/mol. The highest BCUT2D eigenvalue weighted by Crippen LogP contribution is 2.36. The number of hydrogen-bond donors (Lipinski definition) is 1. The molecule has 0 aliphatic carbocycles. The number of imide groups is 1. The lowest BCUT2D eigenvalue weighted by Gasteiger charge is -2.13. The van der Waals surface area contributed by atoms with Crippen LogP contribution >= 0.6 is 0 Å². The molecule has 1 aliphatic rings. The molecule has 0 radical (unpaired) electrons. The van der Waals surface area contributed by atoms with Crippen LogP contribution in [0.25, 0.3) is 5.57 Å². The van der Waals surface area contributed by atoms with E-state index in [4.69, 9.17) is 0 Å². The molecule has 4 nitrogen and oxygen atoms in total. The van der Waals surface area contributed by atoms with E-state index in [1.807, 2.05) is 52.0 Å². The number of phenols is 1. The lowest BCUT2D eigenvalue weighted by Crippen LogP contribution is -2.29. The zero-order chi connectivity index (χ0) is 19.0. The van der Waals surface area contributed by atoms with Gasteiger partial charge in [0.1, 0.15) is 5.75 Å². The predicted molar refractivity (Wildman–Crippen MR) is 103 cm³/mol. The molecule has 1 fully saturated rings. The SMILES string of the molecule is CC(C)=C1C(=O)N(c2ccc(O)cc2)C(=O)/C1=C(\C)c1ccc(C)cc1. The molecule has 0 spiro atoms. The standard InChI is InChI=1S/C22H21NO3/c1-13(2)19-20(15(4)16-7-5-14(3)6-8-16)22(26)23(21(19)25)17-9-11-18(24)12-10-17/h5-12,24H,1-4H3/b20-15+. The van der Waals surface area contributed by atoms with Crippen LogP contribution in [0.1, 0.15) is 31.9 Å². The Morgan fingerprint density at radius 2 is 1.35 bits per heavy atom. The Balaban J connectivity index is 2.18. The van der Waals surface area contributed by atoms with Crippen molar-refractivity contribution in [2.45, 2.75) is 27.7 Å². The summed E-state index contributed by atoms with van der Waals surface area (Å²) in [5, 5.41) is 9.48. The maximum absolute atomic E-state index is 13.1. The summed E-state index contributed by atoms with van der Waals surface area (Å²) in [5.74, 6) is -0.584. The second-order valence-electron chi connectivity index (χ2n) is 6.70. The van der Waals surface area contributed by atoms with Gasteiger partial charge in [-0.2, -0.15) is 0 Å². The molecule has 0 bridgehead atoms. The molecule has 0 atom stereocenters. The second kappa shape index (κ2) is 6.64. The van der Waals surface area contributed by atoms with Crippen LogP contribution in [0.4, 0.5) is 5.69 Å². The van der Waals surface area contributed by atoms with Crippen LogP contribution in [0.15, 0.2) is 65.3 Å². The number of anilines is 1. The Morgan fingerprint density at radius 1 is 0.808 bits per heavy atom. The third kappa shape index (κ3) is 2.94. The topological polar surface area (TPSA) is 57.6 Å². The maximum atomic E-state index is 13.1. The Labute approximate surface area is 153 Å². The molecule has 2 amide bonds. The molecule has 132 valence electrons. The smallest absolute Gasteiger partial charge is 0.266 e. The summed E-state index contributed by atoms with van der Waals surface area (Å²) < 4.78 is 0. The number of hydrogen-bond acceptors (Lipinski definition) is 3. The molecule has 2 aromatic carbocycles. The molecule has 1 heterocycles. The van der Waals surface area contributed by atoms with Gasteiger partial charge < -0.3 is 5.11 Å². The van der Waals surface area contributed by atoms with E-state index in [1.165, 1.54) is 17.0 Å². The summed E-state index contributed by atoms with van der Waals surface area (Å²) >= 11 is 0. The highest BCUT2D eigenvalue weighted by molar-refractivity contribution is 6.39. The number of aromatic hydroxyl groups is 1. The van der Waals surface area contributed by atoms with Gasteiger partial charge in [-0.1, -0.05) is 35.4 Å². The van der Waals surface area contributed by atoms with Gasteiger partial charge >= 0.3 is 0 Å². The van der Waals surface area contributed by atoms with Crippen molar-refractivity contribution in [3.63, 3.8) is 0 Å². The normalized spacial score (nSPS) is 16.3. The third-order valence-corrected chi connectivity index (χ3v) is 4.55. The lowest BCUT2D eigenvalue weighted by molar-refractivity contribution is -0.119. The average Bonchev–Trinajstić information content (AvgIpc) is 2.87. The largest absolute Gasteiger partial charge is 0.508 e. The number of rotatable bonds is 2. The van der Waals surface area contributed by atoms with E-state index >= 15 is 0 Å². The minimum absolute atomic E-state index is 0.0851. The number of aryl methyl sites for hydroxylation is 1. The van der Waals surface area contributed by atoms with Gasteiger partial charge in [0.15, 0.2) is 0 Å². The summed E-state index contributed by atoms with van der Waals surface area (Å²) in [6.07, 6.45) is 0. The number of nitrogens with zero attached hydrogens (tertiary/aromatic N) is 1. The highest BCUT2D eigenvalue weighted by Gasteiger charge is 2.41. The van der Waals surface area contributed by atoms with Crippen molar-refractivity contribution in [2.24, 2.45) is 0 Å². The quantitative estimate of drug-likeness (QED) is 0.648. The number of allylic oxidation sites excluding steroid dienone is 2. The molecule has 2 aromatic rings. The van der Waals surface area contributed by atoms with Crippen LogP contribution in [-0.4, -0.2) is 16.9 Å². The lowest BCUT2D eigenvalue weighted by atomic mass is 9.94. The van der Waals surface area contributed by atoms with Gasteiger partial charge in [0.05, 0.1) is 16.8 Å². The van der Waals surface area contributed by atoms with Gasteiger partial charge in [0.2, 0.25) is 0 Å². The zero-order valence-electron chi connectivity index (χ0n) is 15.3. The minimum Gasteiger partial charge on any atom is -0.508 e. The van der Waals surface area contributed by atoms with E-state index in [0.717, 1.165) is 22.3 Å². The maximum Gasteiger partial charge on any atom is 0.266 e. The minimum atomic E-state index is -0.338. The number of benzene rings is 2. The van der Waals surface area contributed by atoms with Gasteiger partial charge in [-0.3, -0.25) is 9.59 Å². The van der Waals surface area contributed by atoms with E-state index in [2.05, 4.69) is 0 Å². The molecule has 0 unspecified atom stereocenters. The van der Waals surface area contributed by atoms with Crippen LogP contribution in [0.2, 0.25) is 0 Å². The molecule has 1 aliphatic heterocycles. The van der Waals surface area contributed by atoms with Crippen molar-refractivity contribution < 1.29 is 14.7 Å². The zero-order valence-corrected chi connectivity index (χ0v) is 15.3. The van der Waals surface area contributed by atoms with Crippen LogP contribution in [-0.2, 0) is 9.59 Å². The molecule has 1 saturated heterocycles. The van der Waals surface area contributed by atoms with Crippen molar-refractivity contribution in [1.82, 2.24) is 0 Å². The number of amides is 2. The summed E-state index contributed by atoms with van der Waals surface area (Å²) in [6.45, 7) is 7.55.